The predicted octanol–water partition coefficient (Wildman–Crippen LogP) is 2.69. The van der Waals surface area contributed by atoms with Crippen molar-refractivity contribution in [1.29, 1.82) is 0 Å². The molecule has 0 saturated carbocycles. The van der Waals surface area contributed by atoms with Crippen LogP contribution in [0.3, 0.4) is 0 Å². The Morgan fingerprint density at radius 2 is 2.12 bits per heavy atom. The van der Waals surface area contributed by atoms with E-state index in [0.29, 0.717) is 31.1 Å². The Kier molecular flexibility index (Phi) is 5.73. The summed E-state index contributed by atoms with van der Waals surface area (Å²) >= 11 is 0. The van der Waals surface area contributed by atoms with Gasteiger partial charge in [0.2, 0.25) is 0 Å². The number of ether oxygens (including phenoxy) is 2. The third-order valence-corrected chi connectivity index (χ3v) is 4.47. The van der Waals surface area contributed by atoms with Crippen LogP contribution in [0.5, 0.6) is 11.5 Å². The van der Waals surface area contributed by atoms with E-state index in [2.05, 4.69) is 5.32 Å². The molecule has 1 heterocycles. The SMILES string of the molecule is COc1cc(C)ccc1OCC(=O)N1CCNCC1c1cccc(F)c1. The molecule has 3 rings (SSSR count). The smallest absolute Gasteiger partial charge is 0.261 e. The van der Waals surface area contributed by atoms with Crippen molar-refractivity contribution in [3.8, 4) is 11.5 Å². The van der Waals surface area contributed by atoms with Gasteiger partial charge in [-0.3, -0.25) is 4.79 Å². The second kappa shape index (κ2) is 8.19. The first-order valence-electron chi connectivity index (χ1n) is 8.61. The summed E-state index contributed by atoms with van der Waals surface area (Å²) in [5.41, 5.74) is 1.83. The largest absolute Gasteiger partial charge is 0.493 e. The summed E-state index contributed by atoms with van der Waals surface area (Å²) in [6.07, 6.45) is 0. The third kappa shape index (κ3) is 4.14. The van der Waals surface area contributed by atoms with Gasteiger partial charge in [0.25, 0.3) is 5.91 Å². The molecule has 1 aliphatic heterocycles. The molecule has 1 atom stereocenters. The zero-order valence-electron chi connectivity index (χ0n) is 15.0. The molecule has 1 saturated heterocycles. The molecule has 1 amide bonds. The van der Waals surface area contributed by atoms with Gasteiger partial charge in [-0.25, -0.2) is 4.39 Å². The number of carbonyl (C=O) groups is 1. The van der Waals surface area contributed by atoms with Crippen molar-refractivity contribution in [2.24, 2.45) is 0 Å². The van der Waals surface area contributed by atoms with Crippen molar-refractivity contribution < 1.29 is 18.7 Å². The number of hydrogen-bond donors (Lipinski definition) is 1. The first-order valence-corrected chi connectivity index (χ1v) is 8.61. The highest BCUT2D eigenvalue weighted by Crippen LogP contribution is 2.28. The van der Waals surface area contributed by atoms with Crippen LogP contribution < -0.4 is 14.8 Å². The molecule has 26 heavy (non-hydrogen) atoms. The standard InChI is InChI=1S/C20H23FN2O3/c1-14-6-7-18(19(10-14)25-2)26-13-20(24)23-9-8-22-12-17(23)15-4-3-5-16(21)11-15/h3-7,10-11,17,22H,8-9,12-13H2,1-2H3. The van der Waals surface area contributed by atoms with Crippen molar-refractivity contribution >= 4 is 5.91 Å². The molecular formula is C20H23FN2O3. The lowest BCUT2D eigenvalue weighted by Gasteiger charge is -2.36. The van der Waals surface area contributed by atoms with E-state index >= 15 is 0 Å². The number of rotatable bonds is 5. The summed E-state index contributed by atoms with van der Waals surface area (Å²) in [6.45, 7) is 3.70. The molecule has 0 aliphatic carbocycles. The van der Waals surface area contributed by atoms with Gasteiger partial charge in [-0.1, -0.05) is 18.2 Å². The van der Waals surface area contributed by atoms with E-state index in [0.717, 1.165) is 11.1 Å². The maximum atomic E-state index is 13.6. The third-order valence-electron chi connectivity index (χ3n) is 4.47. The lowest BCUT2D eigenvalue weighted by molar-refractivity contribution is -0.136. The van der Waals surface area contributed by atoms with Crippen LogP contribution in [-0.4, -0.2) is 44.2 Å². The fourth-order valence-corrected chi connectivity index (χ4v) is 3.13. The van der Waals surface area contributed by atoms with E-state index in [1.807, 2.05) is 25.1 Å². The molecular weight excluding hydrogens is 335 g/mol. The Hall–Kier alpha value is -2.60. The van der Waals surface area contributed by atoms with Crippen LogP contribution in [-0.2, 0) is 4.79 Å². The zero-order chi connectivity index (χ0) is 18.5. The van der Waals surface area contributed by atoms with Gasteiger partial charge in [-0.05, 0) is 42.3 Å². The van der Waals surface area contributed by atoms with Crippen LogP contribution in [0, 0.1) is 12.7 Å². The molecule has 0 radical (unpaired) electrons. The lowest BCUT2D eigenvalue weighted by Crippen LogP contribution is -2.50. The summed E-state index contributed by atoms with van der Waals surface area (Å²) in [5, 5.41) is 3.26. The van der Waals surface area contributed by atoms with Crippen LogP contribution in [0.25, 0.3) is 0 Å². The van der Waals surface area contributed by atoms with Crippen LogP contribution in [0.4, 0.5) is 4.39 Å². The van der Waals surface area contributed by atoms with Gasteiger partial charge >= 0.3 is 0 Å². The Balaban J connectivity index is 1.71. The summed E-state index contributed by atoms with van der Waals surface area (Å²) in [6, 6.07) is 11.7. The van der Waals surface area contributed by atoms with Crippen LogP contribution in [0.15, 0.2) is 42.5 Å². The summed E-state index contributed by atoms with van der Waals surface area (Å²) in [5.74, 6) is 0.688. The first kappa shape index (κ1) is 18.2. The molecule has 5 nitrogen and oxygen atoms in total. The molecule has 1 aliphatic rings. The van der Waals surface area contributed by atoms with E-state index in [1.54, 1.807) is 24.1 Å². The van der Waals surface area contributed by atoms with Crippen LogP contribution in [0.2, 0.25) is 0 Å². The van der Waals surface area contributed by atoms with Gasteiger partial charge in [0, 0.05) is 19.6 Å². The van der Waals surface area contributed by atoms with Gasteiger partial charge in [0.1, 0.15) is 5.82 Å². The average molecular weight is 358 g/mol. The van der Waals surface area contributed by atoms with Gasteiger partial charge < -0.3 is 19.7 Å². The minimum Gasteiger partial charge on any atom is -0.493 e. The van der Waals surface area contributed by atoms with Crippen molar-refractivity contribution in [3.63, 3.8) is 0 Å². The predicted molar refractivity (Wildman–Crippen MR) is 96.9 cm³/mol. The quantitative estimate of drug-likeness (QED) is 0.893. The Bertz CT molecular complexity index is 781. The number of aryl methyl sites for hydroxylation is 1. The number of halogens is 1. The van der Waals surface area contributed by atoms with Crippen molar-refractivity contribution in [1.82, 2.24) is 10.2 Å². The van der Waals surface area contributed by atoms with Gasteiger partial charge in [-0.2, -0.15) is 0 Å². The van der Waals surface area contributed by atoms with Gasteiger partial charge in [0.15, 0.2) is 18.1 Å². The summed E-state index contributed by atoms with van der Waals surface area (Å²) in [4.78, 5) is 14.5. The Labute approximate surface area is 152 Å². The molecule has 2 aromatic rings. The highest BCUT2D eigenvalue weighted by Gasteiger charge is 2.28. The second-order valence-electron chi connectivity index (χ2n) is 6.31. The van der Waals surface area contributed by atoms with Crippen LogP contribution >= 0.6 is 0 Å². The van der Waals surface area contributed by atoms with Crippen molar-refractivity contribution in [3.05, 3.63) is 59.4 Å². The summed E-state index contributed by atoms with van der Waals surface area (Å²) in [7, 11) is 1.57. The monoisotopic (exact) mass is 358 g/mol. The van der Waals surface area contributed by atoms with Crippen molar-refractivity contribution in [2.45, 2.75) is 13.0 Å². The molecule has 138 valence electrons. The number of methoxy groups -OCH3 is 1. The number of amides is 1. The molecule has 1 N–H and O–H groups in total. The summed E-state index contributed by atoms with van der Waals surface area (Å²) < 4.78 is 24.6. The van der Waals surface area contributed by atoms with E-state index in [-0.39, 0.29) is 24.4 Å². The van der Waals surface area contributed by atoms with Gasteiger partial charge in [0.05, 0.1) is 13.2 Å². The molecule has 1 fully saturated rings. The minimum absolute atomic E-state index is 0.0920. The number of carbonyl (C=O) groups excluding carboxylic acids is 1. The highest BCUT2D eigenvalue weighted by molar-refractivity contribution is 5.78. The Morgan fingerprint density at radius 3 is 2.88 bits per heavy atom. The fraction of sp³-hybridized carbons (Fsp3) is 0.350. The number of piperazine rings is 1. The maximum absolute atomic E-state index is 13.6. The first-order chi connectivity index (χ1) is 12.6. The topological polar surface area (TPSA) is 50.8 Å². The van der Waals surface area contributed by atoms with E-state index < -0.39 is 0 Å². The van der Waals surface area contributed by atoms with E-state index in [4.69, 9.17) is 9.47 Å². The van der Waals surface area contributed by atoms with Crippen molar-refractivity contribution in [2.75, 3.05) is 33.4 Å². The molecule has 0 spiro atoms. The molecule has 0 aromatic heterocycles. The minimum atomic E-state index is -0.305. The normalized spacial score (nSPS) is 17.0. The number of nitrogens with one attached hydrogen (secondary N) is 1. The van der Waals surface area contributed by atoms with E-state index in [9.17, 15) is 9.18 Å². The highest BCUT2D eigenvalue weighted by atomic mass is 19.1. The molecule has 2 aromatic carbocycles. The average Bonchev–Trinajstić information content (AvgIpc) is 2.66. The van der Waals surface area contributed by atoms with E-state index in [1.165, 1.54) is 12.1 Å². The zero-order valence-corrected chi connectivity index (χ0v) is 15.0. The van der Waals surface area contributed by atoms with Gasteiger partial charge in [-0.15, -0.1) is 0 Å². The molecule has 0 bridgehead atoms. The number of hydrogen-bond acceptors (Lipinski definition) is 4. The number of benzene rings is 2. The second-order valence-corrected chi connectivity index (χ2v) is 6.31. The number of nitrogens with zero attached hydrogens (tertiary/aromatic N) is 1. The molecule has 1 unspecified atom stereocenters. The molecule has 6 heteroatoms. The van der Waals surface area contributed by atoms with Crippen LogP contribution in [0.1, 0.15) is 17.2 Å². The lowest BCUT2D eigenvalue weighted by atomic mass is 10.0. The maximum Gasteiger partial charge on any atom is 0.261 e. The fourth-order valence-electron chi connectivity index (χ4n) is 3.13. The Morgan fingerprint density at radius 1 is 1.27 bits per heavy atom.